The first kappa shape index (κ1) is 21.4. The molecule has 1 aromatic carbocycles. The SMILES string of the molecule is COc1ccc2c(c1)C13CCN(CC4CC4)C(C2)C1(O)Cc1cc(S(C)(=O)=O)c(=O)[nH]c1C3. The molecule has 7 nitrogen and oxygen atoms in total. The molecule has 2 N–H and O–H groups in total. The standard InChI is InChI=1S/C25H30N2O5S/c1-32-18-6-5-16-10-22-25(29)12-17-9-21(33(2,30)31)23(28)26-20(17)13-24(25,19(16)11-18)7-8-27(22)14-15-3-4-15/h5-6,9,11,15,22,29H,3-4,7-8,10,12-14H2,1-2H3,(H,26,28). The minimum Gasteiger partial charge on any atom is -0.497 e. The normalized spacial score (nSPS) is 30.8. The summed E-state index contributed by atoms with van der Waals surface area (Å²) in [5, 5.41) is 12.6. The number of pyridine rings is 1. The molecular weight excluding hydrogens is 440 g/mol. The number of fused-ring (bicyclic) bond motifs is 2. The molecule has 2 bridgehead atoms. The number of piperidine rings is 1. The molecule has 1 saturated heterocycles. The van der Waals surface area contributed by atoms with Gasteiger partial charge in [-0.1, -0.05) is 6.07 Å². The predicted molar refractivity (Wildman–Crippen MR) is 124 cm³/mol. The van der Waals surface area contributed by atoms with Crippen molar-refractivity contribution in [1.82, 2.24) is 9.88 Å². The van der Waals surface area contributed by atoms with Crippen LogP contribution in [0.3, 0.4) is 0 Å². The maximum absolute atomic E-state index is 12.6. The molecule has 6 rings (SSSR count). The molecule has 0 spiro atoms. The monoisotopic (exact) mass is 470 g/mol. The summed E-state index contributed by atoms with van der Waals surface area (Å²) in [6.45, 7) is 1.91. The molecule has 0 radical (unpaired) electrons. The first-order valence-corrected chi connectivity index (χ1v) is 13.6. The summed E-state index contributed by atoms with van der Waals surface area (Å²) >= 11 is 0. The Bertz CT molecular complexity index is 1310. The van der Waals surface area contributed by atoms with Crippen LogP contribution < -0.4 is 10.3 Å². The number of hydrogen-bond acceptors (Lipinski definition) is 6. The molecule has 3 unspecified atom stereocenters. The van der Waals surface area contributed by atoms with Crippen LogP contribution in [-0.2, 0) is 34.5 Å². The van der Waals surface area contributed by atoms with E-state index in [-0.39, 0.29) is 10.9 Å². The van der Waals surface area contributed by atoms with Crippen molar-refractivity contribution in [2.45, 2.75) is 60.5 Å². The van der Waals surface area contributed by atoms with E-state index in [1.54, 1.807) is 7.11 Å². The minimum atomic E-state index is -3.66. The summed E-state index contributed by atoms with van der Waals surface area (Å²) in [7, 11) is -2.02. The molecular formula is C25H30N2O5S. The fourth-order valence-electron chi connectivity index (χ4n) is 6.75. The van der Waals surface area contributed by atoms with Crippen LogP contribution in [0.5, 0.6) is 5.75 Å². The molecule has 33 heavy (non-hydrogen) atoms. The molecule has 3 atom stereocenters. The molecule has 0 amide bonds. The number of benzene rings is 1. The Labute approximate surface area is 193 Å². The maximum Gasteiger partial charge on any atom is 0.266 e. The topological polar surface area (TPSA) is 99.7 Å². The summed E-state index contributed by atoms with van der Waals surface area (Å²) in [6.07, 6.45) is 5.89. The van der Waals surface area contributed by atoms with Crippen LogP contribution in [0.15, 0.2) is 34.0 Å². The lowest BCUT2D eigenvalue weighted by molar-refractivity contribution is -0.152. The second-order valence-electron chi connectivity index (χ2n) is 10.5. The van der Waals surface area contributed by atoms with E-state index in [4.69, 9.17) is 4.74 Å². The van der Waals surface area contributed by atoms with Crippen LogP contribution in [0.1, 0.15) is 41.6 Å². The molecule has 8 heteroatoms. The van der Waals surface area contributed by atoms with Crippen molar-refractivity contribution in [2.75, 3.05) is 26.5 Å². The van der Waals surface area contributed by atoms with Gasteiger partial charge in [0.2, 0.25) is 0 Å². The Morgan fingerprint density at radius 1 is 1.21 bits per heavy atom. The Hall–Kier alpha value is -2.16. The van der Waals surface area contributed by atoms with Gasteiger partial charge in [0.25, 0.3) is 5.56 Å². The van der Waals surface area contributed by atoms with Crippen molar-refractivity contribution >= 4 is 9.84 Å². The van der Waals surface area contributed by atoms with Gasteiger partial charge < -0.3 is 14.8 Å². The Kier molecular flexibility index (Phi) is 4.49. The number of aromatic amines is 1. The summed E-state index contributed by atoms with van der Waals surface area (Å²) < 4.78 is 29.9. The Morgan fingerprint density at radius 3 is 2.70 bits per heavy atom. The number of rotatable bonds is 4. The van der Waals surface area contributed by atoms with Gasteiger partial charge in [0.1, 0.15) is 10.6 Å². The summed E-state index contributed by atoms with van der Waals surface area (Å²) in [5.74, 6) is 1.47. The molecule has 1 aromatic heterocycles. The van der Waals surface area contributed by atoms with Crippen molar-refractivity contribution in [2.24, 2.45) is 5.92 Å². The van der Waals surface area contributed by atoms with E-state index in [1.807, 2.05) is 6.07 Å². The molecule has 1 saturated carbocycles. The molecule has 3 aliphatic carbocycles. The van der Waals surface area contributed by atoms with E-state index in [2.05, 4.69) is 22.0 Å². The maximum atomic E-state index is 12.6. The molecule has 2 heterocycles. The van der Waals surface area contributed by atoms with E-state index in [0.717, 1.165) is 54.8 Å². The van der Waals surface area contributed by atoms with Gasteiger partial charge in [-0.05, 0) is 73.0 Å². The van der Waals surface area contributed by atoms with Crippen LogP contribution >= 0.6 is 0 Å². The average Bonchev–Trinajstić information content (AvgIpc) is 3.57. The number of sulfone groups is 1. The lowest BCUT2D eigenvalue weighted by Gasteiger charge is -2.63. The first-order valence-electron chi connectivity index (χ1n) is 11.7. The summed E-state index contributed by atoms with van der Waals surface area (Å²) in [5.41, 5.74) is 1.61. The number of aliphatic hydroxyl groups is 1. The second kappa shape index (κ2) is 6.93. The number of likely N-dealkylation sites (tertiary alicyclic amines) is 1. The Morgan fingerprint density at radius 2 is 2.00 bits per heavy atom. The fourth-order valence-corrected chi connectivity index (χ4v) is 7.50. The van der Waals surface area contributed by atoms with Gasteiger partial charge in [-0.15, -0.1) is 0 Å². The van der Waals surface area contributed by atoms with E-state index < -0.39 is 26.4 Å². The molecule has 2 aromatic rings. The minimum absolute atomic E-state index is 0.0468. The van der Waals surface area contributed by atoms with Gasteiger partial charge >= 0.3 is 0 Å². The highest BCUT2D eigenvalue weighted by molar-refractivity contribution is 7.90. The predicted octanol–water partition coefficient (Wildman–Crippen LogP) is 1.60. The van der Waals surface area contributed by atoms with Crippen molar-refractivity contribution in [3.63, 3.8) is 0 Å². The highest BCUT2D eigenvalue weighted by Gasteiger charge is 2.64. The number of nitrogens with one attached hydrogen (secondary N) is 1. The van der Waals surface area contributed by atoms with Crippen molar-refractivity contribution < 1.29 is 18.3 Å². The van der Waals surface area contributed by atoms with Gasteiger partial charge in [-0.25, -0.2) is 8.42 Å². The average molecular weight is 471 g/mol. The lowest BCUT2D eigenvalue weighted by atomic mass is 9.49. The highest BCUT2D eigenvalue weighted by atomic mass is 32.2. The highest BCUT2D eigenvalue weighted by Crippen LogP contribution is 2.57. The van der Waals surface area contributed by atoms with Crippen LogP contribution in [0.25, 0.3) is 0 Å². The quantitative estimate of drug-likeness (QED) is 0.704. The number of nitrogens with zero attached hydrogens (tertiary/aromatic N) is 1. The fraction of sp³-hybridized carbons (Fsp3) is 0.560. The number of H-pyrrole nitrogens is 1. The number of methoxy groups -OCH3 is 1. The largest absolute Gasteiger partial charge is 0.497 e. The zero-order chi connectivity index (χ0) is 23.2. The smallest absolute Gasteiger partial charge is 0.266 e. The molecule has 1 aliphatic heterocycles. The number of hydrogen-bond donors (Lipinski definition) is 2. The van der Waals surface area contributed by atoms with Crippen LogP contribution in [0, 0.1) is 5.92 Å². The zero-order valence-corrected chi connectivity index (χ0v) is 19.9. The summed E-state index contributed by atoms with van der Waals surface area (Å²) in [4.78, 5) is 17.8. The third-order valence-electron chi connectivity index (χ3n) is 8.60. The number of aromatic nitrogens is 1. The zero-order valence-electron chi connectivity index (χ0n) is 19.1. The van der Waals surface area contributed by atoms with Gasteiger partial charge in [0.15, 0.2) is 9.84 Å². The van der Waals surface area contributed by atoms with E-state index in [0.29, 0.717) is 18.8 Å². The van der Waals surface area contributed by atoms with Crippen LogP contribution in [0.2, 0.25) is 0 Å². The van der Waals surface area contributed by atoms with E-state index in [1.165, 1.54) is 24.5 Å². The third kappa shape index (κ3) is 3.07. The molecule has 176 valence electrons. The van der Waals surface area contributed by atoms with Crippen molar-refractivity contribution in [1.29, 1.82) is 0 Å². The van der Waals surface area contributed by atoms with Crippen LogP contribution in [-0.4, -0.2) is 61.5 Å². The van der Waals surface area contributed by atoms with Gasteiger partial charge in [-0.3, -0.25) is 9.69 Å². The van der Waals surface area contributed by atoms with Gasteiger partial charge in [-0.2, -0.15) is 0 Å². The molecule has 2 fully saturated rings. The lowest BCUT2D eigenvalue weighted by Crippen LogP contribution is -2.74. The second-order valence-corrected chi connectivity index (χ2v) is 12.5. The van der Waals surface area contributed by atoms with E-state index >= 15 is 0 Å². The van der Waals surface area contributed by atoms with Gasteiger partial charge in [0.05, 0.1) is 12.7 Å². The van der Waals surface area contributed by atoms with Crippen molar-refractivity contribution in [3.8, 4) is 5.75 Å². The molecule has 4 aliphatic rings. The third-order valence-corrected chi connectivity index (χ3v) is 9.70. The summed E-state index contributed by atoms with van der Waals surface area (Å²) in [6, 6.07) is 7.61. The van der Waals surface area contributed by atoms with Gasteiger partial charge in [0, 0.05) is 42.8 Å². The first-order chi connectivity index (χ1) is 15.6. The van der Waals surface area contributed by atoms with E-state index in [9.17, 15) is 18.3 Å². The van der Waals surface area contributed by atoms with Crippen molar-refractivity contribution in [3.05, 3.63) is 57.0 Å². The van der Waals surface area contributed by atoms with Crippen LogP contribution in [0.4, 0.5) is 0 Å². The Balaban J connectivity index is 1.55. The number of ether oxygens (including phenoxy) is 1.